The fraction of sp³-hybridized carbons (Fsp3) is 0.176. The molecule has 6 heteroatoms. The minimum Gasteiger partial charge on any atom is -0.333 e. The van der Waals surface area contributed by atoms with E-state index in [-0.39, 0.29) is 5.02 Å². The summed E-state index contributed by atoms with van der Waals surface area (Å²) in [5.74, 6) is -1.41. The molecule has 4 nitrogen and oxygen atoms in total. The second-order valence-corrected chi connectivity index (χ2v) is 5.99. The Morgan fingerprint density at radius 3 is 2.39 bits per heavy atom. The van der Waals surface area contributed by atoms with Crippen molar-refractivity contribution in [1.82, 2.24) is 4.90 Å². The SMILES string of the molecule is Cc1ccc(CN(C)C(=O)C(=O)Nc2cccc(Cl)c2Cl)cc1. The van der Waals surface area contributed by atoms with E-state index in [4.69, 9.17) is 23.2 Å². The molecule has 0 heterocycles. The molecule has 0 aliphatic rings. The van der Waals surface area contributed by atoms with Gasteiger partial charge in [-0.05, 0) is 24.6 Å². The van der Waals surface area contributed by atoms with Gasteiger partial charge in [-0.15, -0.1) is 0 Å². The Labute approximate surface area is 145 Å². The molecule has 0 spiro atoms. The molecule has 2 rings (SSSR count). The zero-order valence-electron chi connectivity index (χ0n) is 12.8. The molecule has 0 saturated heterocycles. The maximum Gasteiger partial charge on any atom is 0.313 e. The fourth-order valence-electron chi connectivity index (χ4n) is 1.99. The van der Waals surface area contributed by atoms with Crippen LogP contribution in [0.2, 0.25) is 10.0 Å². The monoisotopic (exact) mass is 350 g/mol. The molecule has 0 radical (unpaired) electrons. The third-order valence-electron chi connectivity index (χ3n) is 3.28. The van der Waals surface area contributed by atoms with Gasteiger partial charge in [-0.1, -0.05) is 59.1 Å². The maximum atomic E-state index is 12.2. The third-order valence-corrected chi connectivity index (χ3v) is 4.10. The molecule has 2 aromatic rings. The van der Waals surface area contributed by atoms with Gasteiger partial charge in [0, 0.05) is 13.6 Å². The van der Waals surface area contributed by atoms with Gasteiger partial charge < -0.3 is 10.2 Å². The van der Waals surface area contributed by atoms with Crippen molar-refractivity contribution in [2.75, 3.05) is 12.4 Å². The summed E-state index contributed by atoms with van der Waals surface area (Å²) in [6.07, 6.45) is 0. The third kappa shape index (κ3) is 4.47. The van der Waals surface area contributed by atoms with Crippen LogP contribution in [0.25, 0.3) is 0 Å². The smallest absolute Gasteiger partial charge is 0.313 e. The summed E-state index contributed by atoms with van der Waals surface area (Å²) in [5.41, 5.74) is 2.39. The lowest BCUT2D eigenvalue weighted by Crippen LogP contribution is -2.36. The highest BCUT2D eigenvalue weighted by Crippen LogP contribution is 2.29. The number of benzene rings is 2. The van der Waals surface area contributed by atoms with E-state index in [9.17, 15) is 9.59 Å². The number of likely N-dealkylation sites (N-methyl/N-ethyl adjacent to an activating group) is 1. The molecule has 2 amide bonds. The number of amides is 2. The summed E-state index contributed by atoms with van der Waals surface area (Å²) < 4.78 is 0. The van der Waals surface area contributed by atoms with Gasteiger partial charge in [-0.2, -0.15) is 0 Å². The van der Waals surface area contributed by atoms with Crippen molar-refractivity contribution in [3.63, 3.8) is 0 Å². The molecular formula is C17H16Cl2N2O2. The zero-order chi connectivity index (χ0) is 17.0. The van der Waals surface area contributed by atoms with Crippen molar-refractivity contribution in [1.29, 1.82) is 0 Å². The molecule has 0 aliphatic carbocycles. The topological polar surface area (TPSA) is 49.4 Å². The van der Waals surface area contributed by atoms with Gasteiger partial charge in [0.2, 0.25) is 0 Å². The Kier molecular flexibility index (Phi) is 5.64. The molecular weight excluding hydrogens is 335 g/mol. The average molecular weight is 351 g/mol. The fourth-order valence-corrected chi connectivity index (χ4v) is 2.34. The van der Waals surface area contributed by atoms with E-state index in [1.807, 2.05) is 31.2 Å². The quantitative estimate of drug-likeness (QED) is 0.853. The summed E-state index contributed by atoms with van der Waals surface area (Å²) in [4.78, 5) is 25.6. The first-order valence-electron chi connectivity index (χ1n) is 6.94. The number of carbonyl (C=O) groups is 2. The first-order valence-corrected chi connectivity index (χ1v) is 7.70. The highest BCUT2D eigenvalue weighted by Gasteiger charge is 2.20. The van der Waals surface area contributed by atoms with Crippen LogP contribution in [-0.4, -0.2) is 23.8 Å². The Bertz CT molecular complexity index is 730. The zero-order valence-corrected chi connectivity index (χ0v) is 14.3. The molecule has 0 aliphatic heterocycles. The van der Waals surface area contributed by atoms with Crippen molar-refractivity contribution in [2.45, 2.75) is 13.5 Å². The van der Waals surface area contributed by atoms with Crippen LogP contribution >= 0.6 is 23.2 Å². The van der Waals surface area contributed by atoms with E-state index in [2.05, 4.69) is 5.32 Å². The lowest BCUT2D eigenvalue weighted by Gasteiger charge is -2.17. The highest BCUT2D eigenvalue weighted by atomic mass is 35.5. The van der Waals surface area contributed by atoms with Gasteiger partial charge in [0.25, 0.3) is 0 Å². The molecule has 0 bridgehead atoms. The lowest BCUT2D eigenvalue weighted by molar-refractivity contribution is -0.142. The maximum absolute atomic E-state index is 12.2. The molecule has 23 heavy (non-hydrogen) atoms. The van der Waals surface area contributed by atoms with E-state index in [1.54, 1.807) is 25.2 Å². The Hall–Kier alpha value is -2.04. The minimum atomic E-state index is -0.760. The van der Waals surface area contributed by atoms with Gasteiger partial charge >= 0.3 is 11.8 Å². The van der Waals surface area contributed by atoms with E-state index < -0.39 is 11.8 Å². The Balaban J connectivity index is 2.02. The van der Waals surface area contributed by atoms with Gasteiger partial charge in [0.1, 0.15) is 0 Å². The molecule has 0 saturated carbocycles. The Morgan fingerprint density at radius 2 is 1.74 bits per heavy atom. The molecule has 0 aromatic heterocycles. The van der Waals surface area contributed by atoms with Crippen molar-refractivity contribution in [3.05, 3.63) is 63.6 Å². The number of aryl methyl sites for hydroxylation is 1. The number of nitrogens with zero attached hydrogens (tertiary/aromatic N) is 1. The van der Waals surface area contributed by atoms with Crippen molar-refractivity contribution in [3.8, 4) is 0 Å². The van der Waals surface area contributed by atoms with Crippen molar-refractivity contribution < 1.29 is 9.59 Å². The second kappa shape index (κ2) is 7.49. The van der Waals surface area contributed by atoms with Crippen LogP contribution in [-0.2, 0) is 16.1 Å². The number of anilines is 1. The first kappa shape index (κ1) is 17.3. The van der Waals surface area contributed by atoms with Gasteiger partial charge in [-0.3, -0.25) is 9.59 Å². The van der Waals surface area contributed by atoms with E-state index >= 15 is 0 Å². The number of rotatable bonds is 3. The second-order valence-electron chi connectivity index (χ2n) is 5.20. The van der Waals surface area contributed by atoms with E-state index in [1.165, 1.54) is 4.90 Å². The molecule has 120 valence electrons. The minimum absolute atomic E-state index is 0.205. The summed E-state index contributed by atoms with van der Waals surface area (Å²) in [6, 6.07) is 12.6. The van der Waals surface area contributed by atoms with E-state index in [0.717, 1.165) is 11.1 Å². The van der Waals surface area contributed by atoms with Gasteiger partial charge in [-0.25, -0.2) is 0 Å². The van der Waals surface area contributed by atoms with Crippen molar-refractivity contribution in [2.24, 2.45) is 0 Å². The highest BCUT2D eigenvalue weighted by molar-refractivity contribution is 6.45. The van der Waals surface area contributed by atoms with Crippen LogP contribution in [0.4, 0.5) is 5.69 Å². The molecule has 1 N–H and O–H groups in total. The molecule has 0 unspecified atom stereocenters. The van der Waals surface area contributed by atoms with Crippen LogP contribution < -0.4 is 5.32 Å². The standard InChI is InChI=1S/C17H16Cl2N2O2/c1-11-6-8-12(9-7-11)10-21(2)17(23)16(22)20-14-5-3-4-13(18)15(14)19/h3-9H,10H2,1-2H3,(H,20,22). The molecule has 2 aromatic carbocycles. The van der Waals surface area contributed by atoms with Crippen LogP contribution in [0.1, 0.15) is 11.1 Å². The Morgan fingerprint density at radius 1 is 1.09 bits per heavy atom. The lowest BCUT2D eigenvalue weighted by atomic mass is 10.1. The normalized spacial score (nSPS) is 10.3. The van der Waals surface area contributed by atoms with Crippen molar-refractivity contribution >= 4 is 40.7 Å². The number of hydrogen-bond donors (Lipinski definition) is 1. The largest absolute Gasteiger partial charge is 0.333 e. The van der Waals surface area contributed by atoms with Gasteiger partial charge in [0.05, 0.1) is 15.7 Å². The number of nitrogens with one attached hydrogen (secondary N) is 1. The average Bonchev–Trinajstić information content (AvgIpc) is 2.53. The first-order chi connectivity index (χ1) is 10.9. The molecule has 0 fully saturated rings. The number of halogens is 2. The predicted octanol–water partition coefficient (Wildman–Crippen LogP) is 3.90. The number of carbonyl (C=O) groups excluding carboxylic acids is 2. The van der Waals surface area contributed by atoms with E-state index in [0.29, 0.717) is 17.3 Å². The number of hydrogen-bond acceptors (Lipinski definition) is 2. The predicted molar refractivity (Wildman–Crippen MR) is 92.7 cm³/mol. The summed E-state index contributed by atoms with van der Waals surface area (Å²) in [5, 5.41) is 3.00. The van der Waals surface area contributed by atoms with Crippen LogP contribution in [0, 0.1) is 6.92 Å². The summed E-state index contributed by atoms with van der Waals surface area (Å²) in [6.45, 7) is 2.33. The van der Waals surface area contributed by atoms with Gasteiger partial charge in [0.15, 0.2) is 0 Å². The molecule has 0 atom stereocenters. The van der Waals surface area contributed by atoms with Crippen LogP contribution in [0.3, 0.4) is 0 Å². The van der Waals surface area contributed by atoms with Crippen LogP contribution in [0.15, 0.2) is 42.5 Å². The summed E-state index contributed by atoms with van der Waals surface area (Å²) in [7, 11) is 1.57. The van der Waals surface area contributed by atoms with Crippen LogP contribution in [0.5, 0.6) is 0 Å². The summed E-state index contributed by atoms with van der Waals surface area (Å²) >= 11 is 11.9.